The van der Waals surface area contributed by atoms with Crippen molar-refractivity contribution in [3.63, 3.8) is 0 Å². The number of hydrogen-bond donors (Lipinski definition) is 2. The summed E-state index contributed by atoms with van der Waals surface area (Å²) in [6, 6.07) is 41.6. The molecule has 5 aromatic carbocycles. The van der Waals surface area contributed by atoms with E-state index in [0.29, 0.717) is 28.1 Å². The molecule has 2 N–H and O–H groups in total. The second kappa shape index (κ2) is 18.5. The number of hydrogen-bond acceptors (Lipinski definition) is 8. The molecule has 5 atom stereocenters. The first-order valence-electron chi connectivity index (χ1n) is 20.2. The molecule has 2 fully saturated rings. The SMILES string of the molecule is C[C@@H]1[C@H](CSc2nc(-c3ccccc3)c(-c3ccccc3)o2)O[C@H](c2ccc(-c3ccccc3CNC(=O)[C@@H]3CCCN3C(=O)C(F)(F)F)cc2)O[C@@H]1c1ccc(CO)cc1. The maximum absolute atomic E-state index is 13.2. The van der Waals surface area contributed by atoms with Gasteiger partial charge in [0.05, 0.1) is 18.8 Å². The third-order valence-electron chi connectivity index (χ3n) is 11.2. The van der Waals surface area contributed by atoms with Crippen molar-refractivity contribution in [2.75, 3.05) is 12.3 Å². The number of amides is 2. The number of likely N-dealkylation sites (tertiary alicyclic amines) is 1. The summed E-state index contributed by atoms with van der Waals surface area (Å²) < 4.78 is 59.5. The first-order chi connectivity index (χ1) is 29.6. The number of ether oxygens (including phenoxy) is 2. The zero-order valence-electron chi connectivity index (χ0n) is 33.3. The van der Waals surface area contributed by atoms with Crippen LogP contribution in [0.15, 0.2) is 143 Å². The lowest BCUT2D eigenvalue weighted by molar-refractivity contribution is -0.268. The van der Waals surface area contributed by atoms with Crippen molar-refractivity contribution in [2.45, 2.75) is 68.9 Å². The monoisotopic (exact) mass is 847 g/mol. The Morgan fingerprint density at radius 3 is 2.16 bits per heavy atom. The van der Waals surface area contributed by atoms with E-state index in [1.54, 1.807) is 0 Å². The lowest BCUT2D eigenvalue weighted by atomic mass is 9.91. The van der Waals surface area contributed by atoms with Crippen LogP contribution in [-0.2, 0) is 32.2 Å². The second-order valence-electron chi connectivity index (χ2n) is 15.2. The molecule has 2 aliphatic heterocycles. The van der Waals surface area contributed by atoms with Gasteiger partial charge in [0.1, 0.15) is 11.7 Å². The Balaban J connectivity index is 1.01. The van der Waals surface area contributed by atoms with E-state index >= 15 is 0 Å². The van der Waals surface area contributed by atoms with E-state index in [-0.39, 0.29) is 44.2 Å². The molecule has 61 heavy (non-hydrogen) atoms. The highest BCUT2D eigenvalue weighted by atomic mass is 32.2. The van der Waals surface area contributed by atoms with Crippen LogP contribution in [0.25, 0.3) is 33.7 Å². The molecular formula is C48H44F3N3O6S. The molecule has 6 aromatic rings. The van der Waals surface area contributed by atoms with Crippen molar-refractivity contribution in [2.24, 2.45) is 5.92 Å². The highest BCUT2D eigenvalue weighted by molar-refractivity contribution is 7.99. The fourth-order valence-corrected chi connectivity index (χ4v) is 8.91. The van der Waals surface area contributed by atoms with Crippen molar-refractivity contribution in [1.82, 2.24) is 15.2 Å². The third kappa shape index (κ3) is 9.45. The number of benzene rings is 5. The summed E-state index contributed by atoms with van der Waals surface area (Å²) in [5.74, 6) is -1.48. The summed E-state index contributed by atoms with van der Waals surface area (Å²) in [5.41, 5.74) is 7.62. The average molecular weight is 848 g/mol. The molecule has 3 heterocycles. The molecular weight excluding hydrogens is 804 g/mol. The van der Waals surface area contributed by atoms with Gasteiger partial charge in [-0.2, -0.15) is 13.2 Å². The predicted octanol–water partition coefficient (Wildman–Crippen LogP) is 9.92. The number of nitrogens with zero attached hydrogens (tertiary/aromatic N) is 2. The number of halogens is 3. The minimum absolute atomic E-state index is 0.0638. The van der Waals surface area contributed by atoms with Gasteiger partial charge in [0, 0.05) is 41.5 Å². The zero-order valence-corrected chi connectivity index (χ0v) is 34.1. The molecule has 2 aliphatic rings. The number of aromatic nitrogens is 1. The number of alkyl halides is 3. The normalized spacial score (nSPS) is 20.4. The van der Waals surface area contributed by atoms with Gasteiger partial charge >= 0.3 is 12.1 Å². The topological polar surface area (TPSA) is 114 Å². The summed E-state index contributed by atoms with van der Waals surface area (Å²) >= 11 is 1.48. The standard InChI is InChI=1S/C48H44F3N3O6S/c1-30-40(29-61-47-53-41(33-11-4-2-5-12-33)43(60-47)34-13-6-3-7-14-34)58-45(59-42(30)35-20-18-31(28-55)19-21-35)36-24-22-32(23-25-36)38-16-9-8-15-37(38)27-52-44(56)39-17-10-26-54(39)46(57)48(49,50)51/h2-9,11-16,18-25,30,39-40,42,45,55H,10,17,26-29H2,1H3,(H,52,56)/t30-,39+,40+,42+,45+/m1/s1. The molecule has 0 unspecified atom stereocenters. The Labute approximate surface area is 355 Å². The van der Waals surface area contributed by atoms with Crippen LogP contribution in [-0.4, -0.2) is 57.4 Å². The average Bonchev–Trinajstić information content (AvgIpc) is 3.97. The van der Waals surface area contributed by atoms with Crippen molar-refractivity contribution >= 4 is 23.6 Å². The summed E-state index contributed by atoms with van der Waals surface area (Å²) in [7, 11) is 0. The molecule has 0 bridgehead atoms. The number of rotatable bonds is 12. The molecule has 2 saturated heterocycles. The molecule has 0 aliphatic carbocycles. The molecule has 1 aromatic heterocycles. The third-order valence-corrected chi connectivity index (χ3v) is 12.1. The molecule has 2 amide bonds. The van der Waals surface area contributed by atoms with Crippen molar-refractivity contribution < 1.29 is 41.8 Å². The predicted molar refractivity (Wildman–Crippen MR) is 226 cm³/mol. The summed E-state index contributed by atoms with van der Waals surface area (Å²) in [5, 5.41) is 13.0. The van der Waals surface area contributed by atoms with Crippen molar-refractivity contribution in [3.8, 4) is 33.7 Å². The van der Waals surface area contributed by atoms with Crippen LogP contribution >= 0.6 is 11.8 Å². The van der Waals surface area contributed by atoms with E-state index in [1.165, 1.54) is 11.8 Å². The van der Waals surface area contributed by atoms with Crippen LogP contribution in [0.2, 0.25) is 0 Å². The van der Waals surface area contributed by atoms with Gasteiger partial charge in [-0.05, 0) is 40.7 Å². The van der Waals surface area contributed by atoms with Gasteiger partial charge in [-0.25, -0.2) is 4.98 Å². The van der Waals surface area contributed by atoms with Gasteiger partial charge in [0.2, 0.25) is 5.91 Å². The highest BCUT2D eigenvalue weighted by Gasteiger charge is 2.47. The Morgan fingerprint density at radius 2 is 1.48 bits per heavy atom. The number of nitrogens with one attached hydrogen (secondary N) is 1. The largest absolute Gasteiger partial charge is 0.471 e. The van der Waals surface area contributed by atoms with E-state index in [9.17, 15) is 27.9 Å². The quantitative estimate of drug-likeness (QED) is 0.117. The van der Waals surface area contributed by atoms with Crippen LogP contribution in [0.3, 0.4) is 0 Å². The Hall–Kier alpha value is -5.73. The van der Waals surface area contributed by atoms with Gasteiger partial charge < -0.3 is 29.2 Å². The number of thioether (sulfide) groups is 1. The van der Waals surface area contributed by atoms with E-state index in [4.69, 9.17) is 18.9 Å². The molecule has 0 radical (unpaired) electrons. The number of carbonyl (C=O) groups is 2. The molecule has 0 spiro atoms. The van der Waals surface area contributed by atoms with E-state index < -0.39 is 30.3 Å². The fraction of sp³-hybridized carbons (Fsp3) is 0.271. The summed E-state index contributed by atoms with van der Waals surface area (Å²) in [6.45, 7) is 1.98. The van der Waals surface area contributed by atoms with Crippen LogP contribution in [0.1, 0.15) is 54.4 Å². The van der Waals surface area contributed by atoms with E-state index in [2.05, 4.69) is 12.2 Å². The second-order valence-corrected chi connectivity index (χ2v) is 16.1. The molecule has 8 rings (SSSR count). The number of aliphatic hydroxyl groups is 1. The van der Waals surface area contributed by atoms with Gasteiger partial charge in [-0.3, -0.25) is 9.59 Å². The zero-order chi connectivity index (χ0) is 42.5. The lowest BCUT2D eigenvalue weighted by Gasteiger charge is -2.41. The highest BCUT2D eigenvalue weighted by Crippen LogP contribution is 2.44. The number of aliphatic hydroxyl groups excluding tert-OH is 1. The Bertz CT molecular complexity index is 2370. The van der Waals surface area contributed by atoms with E-state index in [1.807, 2.05) is 133 Å². The minimum Gasteiger partial charge on any atom is -0.431 e. The van der Waals surface area contributed by atoms with Crippen LogP contribution < -0.4 is 5.32 Å². The summed E-state index contributed by atoms with van der Waals surface area (Å²) in [4.78, 5) is 30.6. The summed E-state index contributed by atoms with van der Waals surface area (Å²) in [6.07, 6.45) is -5.92. The maximum atomic E-state index is 13.2. The van der Waals surface area contributed by atoms with Crippen LogP contribution in [0.5, 0.6) is 0 Å². The Morgan fingerprint density at radius 1 is 0.820 bits per heavy atom. The molecule has 13 heteroatoms. The first kappa shape index (κ1) is 42.0. The van der Waals surface area contributed by atoms with Gasteiger partial charge in [-0.15, -0.1) is 0 Å². The lowest BCUT2D eigenvalue weighted by Crippen LogP contribution is -2.50. The Kier molecular flexibility index (Phi) is 12.7. The van der Waals surface area contributed by atoms with Gasteiger partial charge in [0.15, 0.2) is 12.1 Å². The van der Waals surface area contributed by atoms with Crippen molar-refractivity contribution in [1.29, 1.82) is 0 Å². The van der Waals surface area contributed by atoms with Gasteiger partial charge in [0.25, 0.3) is 5.22 Å². The number of oxazole rings is 1. The minimum atomic E-state index is -5.04. The van der Waals surface area contributed by atoms with E-state index in [0.717, 1.165) is 50.2 Å². The van der Waals surface area contributed by atoms with Crippen molar-refractivity contribution in [3.05, 3.63) is 156 Å². The number of carbonyl (C=O) groups excluding carboxylic acids is 2. The smallest absolute Gasteiger partial charge is 0.431 e. The van der Waals surface area contributed by atoms with Crippen LogP contribution in [0, 0.1) is 5.92 Å². The molecule has 0 saturated carbocycles. The molecule has 314 valence electrons. The fourth-order valence-electron chi connectivity index (χ4n) is 7.92. The van der Waals surface area contributed by atoms with Crippen LogP contribution in [0.4, 0.5) is 13.2 Å². The first-order valence-corrected chi connectivity index (χ1v) is 21.1. The van der Waals surface area contributed by atoms with Gasteiger partial charge in [-0.1, -0.05) is 152 Å². The molecule has 9 nitrogen and oxygen atoms in total. The maximum Gasteiger partial charge on any atom is 0.471 e.